The molecular formula is C10H3F6N3. The standard InChI is InChI=1S/C10H3F6N3/c11-9(12,13)7-3-5(1-2-17)6(4-18)8(19-7)10(14,15)16/h3H,1H2. The average Bonchev–Trinajstić information content (AvgIpc) is 2.26. The third kappa shape index (κ3) is 3.13. The largest absolute Gasteiger partial charge is 0.434 e. The zero-order valence-electron chi connectivity index (χ0n) is 8.89. The maximum atomic E-state index is 12.6. The molecule has 1 aromatic heterocycles. The van der Waals surface area contributed by atoms with Gasteiger partial charge in [-0.1, -0.05) is 0 Å². The van der Waals surface area contributed by atoms with Crippen LogP contribution < -0.4 is 0 Å². The molecule has 9 heteroatoms. The maximum Gasteiger partial charge on any atom is 0.434 e. The second-order valence-corrected chi connectivity index (χ2v) is 3.33. The molecule has 3 nitrogen and oxygen atoms in total. The normalized spacial score (nSPS) is 11.8. The highest BCUT2D eigenvalue weighted by molar-refractivity contribution is 5.45. The first-order chi connectivity index (χ1) is 8.61. The molecule has 1 rings (SSSR count). The molecule has 0 aliphatic rings. The molecule has 0 fully saturated rings. The van der Waals surface area contributed by atoms with Crippen LogP contribution in [0.4, 0.5) is 26.3 Å². The number of nitriles is 2. The van der Waals surface area contributed by atoms with Gasteiger partial charge < -0.3 is 0 Å². The van der Waals surface area contributed by atoms with Gasteiger partial charge in [-0.25, -0.2) is 4.98 Å². The Kier molecular flexibility index (Phi) is 3.70. The molecule has 1 aromatic rings. The molecule has 0 bridgehead atoms. The summed E-state index contributed by atoms with van der Waals surface area (Å²) in [5.74, 6) is 0. The van der Waals surface area contributed by atoms with Crippen LogP contribution in [-0.2, 0) is 18.8 Å². The minimum absolute atomic E-state index is 0.275. The molecule has 0 atom stereocenters. The van der Waals surface area contributed by atoms with E-state index in [1.54, 1.807) is 0 Å². The van der Waals surface area contributed by atoms with Gasteiger partial charge in [0, 0.05) is 0 Å². The van der Waals surface area contributed by atoms with Crippen LogP contribution in [0.2, 0.25) is 0 Å². The Hall–Kier alpha value is -2.29. The lowest BCUT2D eigenvalue weighted by molar-refractivity contribution is -0.150. The summed E-state index contributed by atoms with van der Waals surface area (Å²) in [6.45, 7) is 0. The number of alkyl halides is 6. The van der Waals surface area contributed by atoms with Crippen LogP contribution >= 0.6 is 0 Å². The second-order valence-electron chi connectivity index (χ2n) is 3.33. The second kappa shape index (κ2) is 4.76. The van der Waals surface area contributed by atoms with Gasteiger partial charge in [-0.15, -0.1) is 0 Å². The van der Waals surface area contributed by atoms with E-state index < -0.39 is 41.3 Å². The van der Waals surface area contributed by atoms with E-state index in [1.165, 1.54) is 6.07 Å². The molecule has 1 heterocycles. The Morgan fingerprint density at radius 2 is 1.63 bits per heavy atom. The van der Waals surface area contributed by atoms with Crippen molar-refractivity contribution in [3.63, 3.8) is 0 Å². The highest BCUT2D eigenvalue weighted by atomic mass is 19.4. The highest BCUT2D eigenvalue weighted by Gasteiger charge is 2.41. The molecule has 0 amide bonds. The van der Waals surface area contributed by atoms with Crippen molar-refractivity contribution >= 4 is 0 Å². The summed E-state index contributed by atoms with van der Waals surface area (Å²) in [6, 6.07) is 2.81. The van der Waals surface area contributed by atoms with Gasteiger partial charge in [0.2, 0.25) is 0 Å². The fraction of sp³-hybridized carbons (Fsp3) is 0.300. The van der Waals surface area contributed by atoms with Crippen molar-refractivity contribution in [1.82, 2.24) is 4.98 Å². The summed E-state index contributed by atoms with van der Waals surface area (Å²) in [7, 11) is 0. The van der Waals surface area contributed by atoms with Crippen LogP contribution in [0.1, 0.15) is 22.5 Å². The van der Waals surface area contributed by atoms with Crippen LogP contribution in [0.3, 0.4) is 0 Å². The summed E-state index contributed by atoms with van der Waals surface area (Å²) in [5, 5.41) is 17.0. The Morgan fingerprint density at radius 1 is 1.05 bits per heavy atom. The number of hydrogen-bond acceptors (Lipinski definition) is 3. The predicted octanol–water partition coefficient (Wildman–Crippen LogP) is 3.06. The van der Waals surface area contributed by atoms with Gasteiger partial charge in [0.1, 0.15) is 11.8 Å². The Bertz CT molecular complexity index is 573. The molecular weight excluding hydrogens is 276 g/mol. The molecule has 0 unspecified atom stereocenters. The third-order valence-electron chi connectivity index (χ3n) is 2.04. The fourth-order valence-corrected chi connectivity index (χ4v) is 1.30. The Balaban J connectivity index is 3.67. The fourth-order valence-electron chi connectivity index (χ4n) is 1.30. The summed E-state index contributed by atoms with van der Waals surface area (Å²) >= 11 is 0. The first kappa shape index (κ1) is 14.8. The summed E-state index contributed by atoms with van der Waals surface area (Å²) < 4.78 is 74.9. The summed E-state index contributed by atoms with van der Waals surface area (Å²) in [4.78, 5) is 2.45. The highest BCUT2D eigenvalue weighted by Crippen LogP contribution is 2.36. The molecule has 100 valence electrons. The number of rotatable bonds is 1. The third-order valence-corrected chi connectivity index (χ3v) is 2.04. The van der Waals surface area contributed by atoms with Crippen LogP contribution in [0.5, 0.6) is 0 Å². The van der Waals surface area contributed by atoms with Gasteiger partial charge in [0.15, 0.2) is 5.69 Å². The van der Waals surface area contributed by atoms with E-state index in [9.17, 15) is 26.3 Å². The van der Waals surface area contributed by atoms with E-state index in [1.807, 2.05) is 0 Å². The van der Waals surface area contributed by atoms with Gasteiger partial charge in [-0.3, -0.25) is 0 Å². The smallest absolute Gasteiger partial charge is 0.237 e. The van der Waals surface area contributed by atoms with Crippen molar-refractivity contribution in [2.45, 2.75) is 18.8 Å². The van der Waals surface area contributed by atoms with Gasteiger partial charge in [-0.2, -0.15) is 36.9 Å². The topological polar surface area (TPSA) is 60.5 Å². The molecule has 0 radical (unpaired) electrons. The van der Waals surface area contributed by atoms with E-state index in [2.05, 4.69) is 4.98 Å². The van der Waals surface area contributed by atoms with Gasteiger partial charge in [0.05, 0.1) is 18.1 Å². The first-order valence-corrected chi connectivity index (χ1v) is 4.56. The zero-order valence-corrected chi connectivity index (χ0v) is 8.89. The van der Waals surface area contributed by atoms with Crippen molar-refractivity contribution in [3.8, 4) is 12.1 Å². The number of halogens is 6. The number of pyridine rings is 1. The maximum absolute atomic E-state index is 12.6. The van der Waals surface area contributed by atoms with Crippen molar-refractivity contribution in [2.24, 2.45) is 0 Å². The van der Waals surface area contributed by atoms with Gasteiger partial charge in [0.25, 0.3) is 0 Å². The molecule has 0 spiro atoms. The van der Waals surface area contributed by atoms with E-state index in [0.29, 0.717) is 0 Å². The van der Waals surface area contributed by atoms with Crippen LogP contribution in [0.15, 0.2) is 6.07 Å². The van der Waals surface area contributed by atoms with Crippen molar-refractivity contribution in [3.05, 3.63) is 28.6 Å². The number of aromatic nitrogens is 1. The van der Waals surface area contributed by atoms with Crippen molar-refractivity contribution in [1.29, 1.82) is 10.5 Å². The quantitative estimate of drug-likeness (QED) is 0.742. The molecule has 0 saturated carbocycles. The molecule has 0 aromatic carbocycles. The lowest BCUT2D eigenvalue weighted by Crippen LogP contribution is -2.18. The molecule has 0 saturated heterocycles. The van der Waals surface area contributed by atoms with Crippen LogP contribution in [0.25, 0.3) is 0 Å². The SMILES string of the molecule is N#CCc1cc(C(F)(F)F)nc(C(F)(F)F)c1C#N. The predicted molar refractivity (Wildman–Crippen MR) is 48.3 cm³/mol. The minimum atomic E-state index is -5.21. The molecule has 0 aliphatic carbocycles. The van der Waals surface area contributed by atoms with E-state index >= 15 is 0 Å². The average molecular weight is 279 g/mol. The lowest BCUT2D eigenvalue weighted by Gasteiger charge is -2.14. The first-order valence-electron chi connectivity index (χ1n) is 4.56. The molecule has 19 heavy (non-hydrogen) atoms. The van der Waals surface area contributed by atoms with E-state index in [-0.39, 0.29) is 6.07 Å². The Labute approximate surface area is 102 Å². The number of hydrogen-bond donors (Lipinski definition) is 0. The number of nitrogens with zero attached hydrogens (tertiary/aromatic N) is 3. The van der Waals surface area contributed by atoms with E-state index in [0.717, 1.165) is 6.07 Å². The monoisotopic (exact) mass is 279 g/mol. The summed E-state index contributed by atoms with van der Waals surface area (Å²) in [6.07, 6.45) is -11.1. The van der Waals surface area contributed by atoms with Gasteiger partial charge in [-0.05, 0) is 11.6 Å². The summed E-state index contributed by atoms with van der Waals surface area (Å²) in [5.41, 5.74) is -5.44. The van der Waals surface area contributed by atoms with Gasteiger partial charge >= 0.3 is 12.4 Å². The van der Waals surface area contributed by atoms with Crippen molar-refractivity contribution in [2.75, 3.05) is 0 Å². The van der Waals surface area contributed by atoms with Crippen LogP contribution in [0, 0.1) is 22.7 Å². The van der Waals surface area contributed by atoms with Crippen LogP contribution in [-0.4, -0.2) is 4.98 Å². The molecule has 0 aliphatic heterocycles. The van der Waals surface area contributed by atoms with E-state index in [4.69, 9.17) is 10.5 Å². The minimum Gasteiger partial charge on any atom is -0.237 e. The van der Waals surface area contributed by atoms with Crippen molar-refractivity contribution < 1.29 is 26.3 Å². The zero-order chi connectivity index (χ0) is 14.8. The Morgan fingerprint density at radius 3 is 2.00 bits per heavy atom. The lowest BCUT2D eigenvalue weighted by atomic mass is 10.0. The molecule has 0 N–H and O–H groups in total.